The number of rotatable bonds is 4. The zero-order chi connectivity index (χ0) is 13.2. The minimum Gasteiger partial charge on any atom is -0.376 e. The molecule has 0 aromatic rings. The summed E-state index contributed by atoms with van der Waals surface area (Å²) < 4.78 is 5.78. The van der Waals surface area contributed by atoms with Gasteiger partial charge >= 0.3 is 0 Å². The van der Waals surface area contributed by atoms with Crippen molar-refractivity contribution in [3.8, 4) is 0 Å². The normalized spacial score (nSPS) is 35.5. The summed E-state index contributed by atoms with van der Waals surface area (Å²) in [5, 5.41) is 0. The van der Waals surface area contributed by atoms with Crippen molar-refractivity contribution in [2.75, 3.05) is 39.3 Å². The van der Waals surface area contributed by atoms with Gasteiger partial charge in [-0.15, -0.1) is 0 Å². The minimum atomic E-state index is 0.196. The molecule has 0 aromatic heterocycles. The fourth-order valence-corrected chi connectivity index (χ4v) is 3.28. The number of morpholine rings is 1. The third-order valence-electron chi connectivity index (χ3n) is 4.74. The number of hydrogen-bond acceptors (Lipinski definition) is 4. The highest BCUT2D eigenvalue weighted by molar-refractivity contribution is 5.01. The average Bonchev–Trinajstić information content (AvgIpc) is 2.85. The Labute approximate surface area is 111 Å². The van der Waals surface area contributed by atoms with Gasteiger partial charge < -0.3 is 10.5 Å². The van der Waals surface area contributed by atoms with Gasteiger partial charge in [-0.3, -0.25) is 9.80 Å². The van der Waals surface area contributed by atoms with Crippen LogP contribution in [0.2, 0.25) is 0 Å². The van der Waals surface area contributed by atoms with Crippen LogP contribution in [0.1, 0.15) is 33.6 Å². The second-order valence-electron chi connectivity index (χ2n) is 6.09. The van der Waals surface area contributed by atoms with Crippen LogP contribution in [0.5, 0.6) is 0 Å². The molecule has 4 nitrogen and oxygen atoms in total. The Morgan fingerprint density at radius 1 is 1.39 bits per heavy atom. The average molecular weight is 255 g/mol. The van der Waals surface area contributed by atoms with E-state index in [2.05, 4.69) is 30.6 Å². The first-order chi connectivity index (χ1) is 8.61. The molecule has 0 saturated carbocycles. The second kappa shape index (κ2) is 5.87. The van der Waals surface area contributed by atoms with Gasteiger partial charge in [0.15, 0.2) is 0 Å². The van der Waals surface area contributed by atoms with Crippen LogP contribution >= 0.6 is 0 Å². The third kappa shape index (κ3) is 2.72. The maximum atomic E-state index is 6.14. The van der Waals surface area contributed by atoms with E-state index >= 15 is 0 Å². The van der Waals surface area contributed by atoms with Gasteiger partial charge in [0.1, 0.15) is 0 Å². The summed E-state index contributed by atoms with van der Waals surface area (Å²) in [5.41, 5.74) is 6.34. The molecule has 2 rings (SSSR count). The van der Waals surface area contributed by atoms with E-state index in [1.807, 2.05) is 0 Å². The molecular formula is C14H29N3O. The maximum Gasteiger partial charge on any atom is 0.0700 e. The molecule has 0 bridgehead atoms. The molecule has 2 aliphatic rings. The Balaban J connectivity index is 2.04. The Hall–Kier alpha value is -0.160. The molecule has 2 saturated heterocycles. The third-order valence-corrected chi connectivity index (χ3v) is 4.74. The van der Waals surface area contributed by atoms with Crippen LogP contribution < -0.4 is 5.73 Å². The van der Waals surface area contributed by atoms with Gasteiger partial charge in [0.05, 0.1) is 12.7 Å². The van der Waals surface area contributed by atoms with Crippen LogP contribution in [0.3, 0.4) is 0 Å². The van der Waals surface area contributed by atoms with E-state index in [1.165, 1.54) is 13.0 Å². The first-order valence-electron chi connectivity index (χ1n) is 7.42. The summed E-state index contributed by atoms with van der Waals surface area (Å²) in [6, 6.07) is 0.626. The van der Waals surface area contributed by atoms with E-state index in [4.69, 9.17) is 10.5 Å². The Morgan fingerprint density at radius 2 is 2.17 bits per heavy atom. The van der Waals surface area contributed by atoms with Crippen molar-refractivity contribution in [3.05, 3.63) is 0 Å². The largest absolute Gasteiger partial charge is 0.376 e. The van der Waals surface area contributed by atoms with Gasteiger partial charge in [0.2, 0.25) is 0 Å². The molecule has 0 radical (unpaired) electrons. The highest BCUT2D eigenvalue weighted by Crippen LogP contribution is 2.30. The fraction of sp³-hybridized carbons (Fsp3) is 1.00. The molecule has 0 spiro atoms. The lowest BCUT2D eigenvalue weighted by molar-refractivity contribution is -0.0670. The summed E-state index contributed by atoms with van der Waals surface area (Å²) in [7, 11) is 0. The second-order valence-corrected chi connectivity index (χ2v) is 6.09. The van der Waals surface area contributed by atoms with Crippen LogP contribution in [0, 0.1) is 0 Å². The highest BCUT2D eigenvalue weighted by atomic mass is 16.5. The van der Waals surface area contributed by atoms with Gasteiger partial charge in [-0.25, -0.2) is 0 Å². The predicted octanol–water partition coefficient (Wildman–Crippen LogP) is 0.909. The number of nitrogens with zero attached hydrogens (tertiary/aromatic N) is 2. The summed E-state index contributed by atoms with van der Waals surface area (Å²) in [4.78, 5) is 5.16. The van der Waals surface area contributed by atoms with Crippen molar-refractivity contribution in [2.24, 2.45) is 5.73 Å². The first kappa shape index (κ1) is 14.3. The standard InChI is InChI=1S/C14H29N3O/c1-4-13-9-17(7-8-18-13)14(10-15)5-6-16(11-14)12(2)3/h12-13H,4-11,15H2,1-3H3. The van der Waals surface area contributed by atoms with Crippen molar-refractivity contribution >= 4 is 0 Å². The quantitative estimate of drug-likeness (QED) is 0.811. The van der Waals surface area contributed by atoms with E-state index in [-0.39, 0.29) is 5.54 Å². The lowest BCUT2D eigenvalue weighted by atomic mass is 9.94. The lowest BCUT2D eigenvalue weighted by Crippen LogP contribution is -2.60. The van der Waals surface area contributed by atoms with Gasteiger partial charge in [-0.1, -0.05) is 6.92 Å². The van der Waals surface area contributed by atoms with Crippen molar-refractivity contribution < 1.29 is 4.74 Å². The SMILES string of the molecule is CCC1CN(C2(CN)CCN(C(C)C)C2)CCO1. The van der Waals surface area contributed by atoms with Gasteiger partial charge in [0.25, 0.3) is 0 Å². The molecule has 0 aromatic carbocycles. The molecule has 0 aliphatic carbocycles. The van der Waals surface area contributed by atoms with Crippen LogP contribution in [0.4, 0.5) is 0 Å². The minimum absolute atomic E-state index is 0.196. The van der Waals surface area contributed by atoms with E-state index in [0.717, 1.165) is 39.2 Å². The van der Waals surface area contributed by atoms with E-state index < -0.39 is 0 Å². The topological polar surface area (TPSA) is 41.7 Å². The Morgan fingerprint density at radius 3 is 2.72 bits per heavy atom. The van der Waals surface area contributed by atoms with Gasteiger partial charge in [-0.2, -0.15) is 0 Å². The smallest absolute Gasteiger partial charge is 0.0700 e. The monoisotopic (exact) mass is 255 g/mol. The summed E-state index contributed by atoms with van der Waals surface area (Å²) in [6.45, 7) is 12.8. The highest BCUT2D eigenvalue weighted by Gasteiger charge is 2.43. The maximum absolute atomic E-state index is 6.14. The molecule has 2 aliphatic heterocycles. The van der Waals surface area contributed by atoms with Crippen molar-refractivity contribution in [2.45, 2.75) is 51.3 Å². The molecule has 4 heteroatoms. The zero-order valence-electron chi connectivity index (χ0n) is 12.2. The molecule has 2 fully saturated rings. The van der Waals surface area contributed by atoms with Crippen molar-refractivity contribution in [3.63, 3.8) is 0 Å². The predicted molar refractivity (Wildman–Crippen MR) is 74.7 cm³/mol. The molecular weight excluding hydrogens is 226 g/mol. The molecule has 2 atom stereocenters. The van der Waals surface area contributed by atoms with E-state index in [9.17, 15) is 0 Å². The van der Waals surface area contributed by atoms with Crippen LogP contribution in [0.15, 0.2) is 0 Å². The van der Waals surface area contributed by atoms with E-state index in [1.54, 1.807) is 0 Å². The molecule has 18 heavy (non-hydrogen) atoms. The van der Waals surface area contributed by atoms with Crippen LogP contribution in [-0.2, 0) is 4.74 Å². The summed E-state index contributed by atoms with van der Waals surface area (Å²) in [5.74, 6) is 0. The van der Waals surface area contributed by atoms with Crippen molar-refractivity contribution in [1.82, 2.24) is 9.80 Å². The number of ether oxygens (including phenoxy) is 1. The zero-order valence-corrected chi connectivity index (χ0v) is 12.2. The summed E-state index contributed by atoms with van der Waals surface area (Å²) >= 11 is 0. The van der Waals surface area contributed by atoms with Gasteiger partial charge in [0, 0.05) is 44.3 Å². The van der Waals surface area contributed by atoms with Crippen LogP contribution in [-0.4, -0.2) is 66.8 Å². The number of likely N-dealkylation sites (tertiary alicyclic amines) is 1. The molecule has 106 valence electrons. The Bertz CT molecular complexity index is 272. The first-order valence-corrected chi connectivity index (χ1v) is 7.42. The number of nitrogens with two attached hydrogens (primary N) is 1. The molecule has 2 N–H and O–H groups in total. The lowest BCUT2D eigenvalue weighted by Gasteiger charge is -2.45. The molecule has 2 heterocycles. The molecule has 2 unspecified atom stereocenters. The summed E-state index contributed by atoms with van der Waals surface area (Å²) in [6.07, 6.45) is 2.71. The molecule has 0 amide bonds. The fourth-order valence-electron chi connectivity index (χ4n) is 3.28. The van der Waals surface area contributed by atoms with E-state index in [0.29, 0.717) is 12.1 Å². The Kier molecular flexibility index (Phi) is 4.64. The van der Waals surface area contributed by atoms with Crippen molar-refractivity contribution in [1.29, 1.82) is 0 Å². The van der Waals surface area contributed by atoms with Crippen LogP contribution in [0.25, 0.3) is 0 Å². The van der Waals surface area contributed by atoms with Gasteiger partial charge in [-0.05, 0) is 26.7 Å². The number of hydrogen-bond donors (Lipinski definition) is 1.